The predicted octanol–water partition coefficient (Wildman–Crippen LogP) is 4.13. The summed E-state index contributed by atoms with van der Waals surface area (Å²) in [6.45, 7) is 5.70. The molecule has 1 aromatic rings. The van der Waals surface area contributed by atoms with Crippen molar-refractivity contribution in [3.05, 3.63) is 41.5 Å². The van der Waals surface area contributed by atoms with E-state index >= 15 is 0 Å². The number of hydrogen-bond acceptors (Lipinski definition) is 4. The Balaban J connectivity index is 2.05. The van der Waals surface area contributed by atoms with Crippen LogP contribution in [0.5, 0.6) is 0 Å². The van der Waals surface area contributed by atoms with Crippen LogP contribution in [0.2, 0.25) is 0 Å². The van der Waals surface area contributed by atoms with Crippen LogP contribution in [-0.2, 0) is 19.6 Å². The quantitative estimate of drug-likeness (QED) is 0.528. The molecule has 4 rings (SSSR count). The highest BCUT2D eigenvalue weighted by Gasteiger charge is 2.65. The largest absolute Gasteiger partial charge is 0.467 e. The van der Waals surface area contributed by atoms with E-state index in [0.717, 1.165) is 19.1 Å². The first-order valence-corrected chi connectivity index (χ1v) is 11.2. The molecule has 1 N–H and O–H groups in total. The van der Waals surface area contributed by atoms with E-state index in [9.17, 15) is 26.4 Å². The fourth-order valence-electron chi connectivity index (χ4n) is 4.59. The molecule has 166 valence electrons. The summed E-state index contributed by atoms with van der Waals surface area (Å²) in [5.74, 6) is -1.42. The topological polar surface area (TPSA) is 72.5 Å². The molecule has 3 aliphatic carbocycles. The maximum Gasteiger partial charge on any atom is 0.418 e. The minimum atomic E-state index is -5.20. The van der Waals surface area contributed by atoms with Gasteiger partial charge in [-0.25, -0.2) is 13.2 Å². The van der Waals surface area contributed by atoms with Crippen molar-refractivity contribution in [2.45, 2.75) is 56.6 Å². The van der Waals surface area contributed by atoms with Gasteiger partial charge in [0.25, 0.3) is 0 Å². The second kappa shape index (κ2) is 7.37. The van der Waals surface area contributed by atoms with E-state index in [4.69, 9.17) is 0 Å². The minimum absolute atomic E-state index is 0.133. The molecule has 2 bridgehead atoms. The molecular weight excluding hydrogens is 419 g/mol. The van der Waals surface area contributed by atoms with Gasteiger partial charge in [-0.15, -0.1) is 0 Å². The lowest BCUT2D eigenvalue weighted by molar-refractivity contribution is -0.208. The summed E-state index contributed by atoms with van der Waals surface area (Å²) >= 11 is 0. The lowest BCUT2D eigenvalue weighted by Crippen LogP contribution is -2.65. The van der Waals surface area contributed by atoms with Crippen LogP contribution in [0.3, 0.4) is 0 Å². The average molecular weight is 446 g/mol. The van der Waals surface area contributed by atoms with Gasteiger partial charge in [0.1, 0.15) is 0 Å². The standard InChI is InChI=1S/C21H26F3NO4S/c1-13-5-9-16(10-6-13)30(27,28)25-20(18(26)29-4,21(22,23)24)12-14-7-8-15-11-17(14)19(15,2)3/h5-7,9-10,15,17,25H,8,11-12H2,1-4H3/t15-,17-,20?/m1/s1. The highest BCUT2D eigenvalue weighted by atomic mass is 32.2. The maximum absolute atomic E-state index is 14.4. The molecule has 0 aromatic heterocycles. The molecule has 3 atom stereocenters. The van der Waals surface area contributed by atoms with Crippen molar-refractivity contribution in [3.8, 4) is 0 Å². The Kier molecular flexibility index (Phi) is 5.60. The van der Waals surface area contributed by atoms with Crippen molar-refractivity contribution in [3.63, 3.8) is 0 Å². The molecule has 0 radical (unpaired) electrons. The van der Waals surface area contributed by atoms with Gasteiger partial charge in [-0.3, -0.25) is 0 Å². The van der Waals surface area contributed by atoms with Gasteiger partial charge in [-0.2, -0.15) is 17.9 Å². The fraction of sp³-hybridized carbons (Fsp3) is 0.571. The lowest BCUT2D eigenvalue weighted by atomic mass is 9.48. The normalized spacial score (nSPS) is 25.0. The first-order valence-electron chi connectivity index (χ1n) is 9.69. The molecule has 1 saturated carbocycles. The number of alkyl halides is 3. The Morgan fingerprint density at radius 1 is 1.23 bits per heavy atom. The van der Waals surface area contributed by atoms with Crippen LogP contribution in [0.1, 0.15) is 38.7 Å². The van der Waals surface area contributed by atoms with E-state index in [1.54, 1.807) is 17.7 Å². The molecule has 0 amide bonds. The summed E-state index contributed by atoms with van der Waals surface area (Å²) < 4.78 is 74.9. The van der Waals surface area contributed by atoms with E-state index in [1.165, 1.54) is 24.3 Å². The van der Waals surface area contributed by atoms with Gasteiger partial charge < -0.3 is 4.74 Å². The Morgan fingerprint density at radius 2 is 1.83 bits per heavy atom. The second-order valence-corrected chi connectivity index (χ2v) is 10.5. The second-order valence-electron chi connectivity index (χ2n) is 8.81. The van der Waals surface area contributed by atoms with Crippen molar-refractivity contribution in [1.29, 1.82) is 0 Å². The molecule has 0 saturated heterocycles. The molecule has 1 fully saturated rings. The number of rotatable bonds is 6. The zero-order valence-corrected chi connectivity index (χ0v) is 18.2. The van der Waals surface area contributed by atoms with E-state index < -0.39 is 34.1 Å². The molecule has 0 heterocycles. The Hall–Kier alpha value is -1.87. The summed E-state index contributed by atoms with van der Waals surface area (Å²) in [6, 6.07) is 5.36. The summed E-state index contributed by atoms with van der Waals surface area (Å²) in [4.78, 5) is 12.1. The predicted molar refractivity (Wildman–Crippen MR) is 105 cm³/mol. The number of halogens is 3. The number of carbonyl (C=O) groups excluding carboxylic acids is 1. The van der Waals surface area contributed by atoms with E-state index in [1.807, 2.05) is 13.8 Å². The first kappa shape index (κ1) is 22.8. The van der Waals surface area contributed by atoms with Gasteiger partial charge in [0.2, 0.25) is 15.6 Å². The third-order valence-corrected chi connectivity index (χ3v) is 8.22. The number of ether oxygens (including phenoxy) is 1. The average Bonchev–Trinajstić information content (AvgIpc) is 2.66. The zero-order chi connectivity index (χ0) is 22.5. The van der Waals surface area contributed by atoms with Crippen LogP contribution < -0.4 is 4.72 Å². The molecule has 9 heteroatoms. The van der Waals surface area contributed by atoms with Crippen molar-refractivity contribution < 1.29 is 31.1 Å². The summed E-state index contributed by atoms with van der Waals surface area (Å²) in [7, 11) is -3.83. The van der Waals surface area contributed by atoms with Crippen molar-refractivity contribution in [1.82, 2.24) is 4.72 Å². The molecule has 0 spiro atoms. The van der Waals surface area contributed by atoms with Crippen molar-refractivity contribution in [2.75, 3.05) is 7.11 Å². The van der Waals surface area contributed by atoms with Crippen molar-refractivity contribution in [2.24, 2.45) is 17.3 Å². The number of nitrogens with one attached hydrogen (secondary N) is 1. The number of hydrogen-bond donors (Lipinski definition) is 1. The van der Waals surface area contributed by atoms with Crippen LogP contribution in [0.4, 0.5) is 13.2 Å². The van der Waals surface area contributed by atoms with Crippen LogP contribution in [0.25, 0.3) is 0 Å². The Bertz CT molecular complexity index is 967. The van der Waals surface area contributed by atoms with E-state index in [-0.39, 0.29) is 16.2 Å². The van der Waals surface area contributed by atoms with Gasteiger partial charge in [0.15, 0.2) is 0 Å². The van der Waals surface area contributed by atoms with Gasteiger partial charge in [0, 0.05) is 6.42 Å². The molecule has 1 aromatic carbocycles. The molecule has 5 nitrogen and oxygen atoms in total. The number of methoxy groups -OCH3 is 1. The number of aryl methyl sites for hydroxylation is 1. The number of esters is 1. The minimum Gasteiger partial charge on any atom is -0.467 e. The highest BCUT2D eigenvalue weighted by molar-refractivity contribution is 7.89. The monoisotopic (exact) mass is 445 g/mol. The van der Waals surface area contributed by atoms with Gasteiger partial charge >= 0.3 is 12.1 Å². The number of sulfonamides is 1. The Labute approximate surface area is 174 Å². The summed E-state index contributed by atoms with van der Waals surface area (Å²) in [5.41, 5.74) is -2.40. The molecular formula is C21H26F3NO4S. The summed E-state index contributed by atoms with van der Waals surface area (Å²) in [6.07, 6.45) is -2.95. The lowest BCUT2D eigenvalue weighted by Gasteiger charge is -2.57. The first-order chi connectivity index (χ1) is 13.7. The molecule has 1 unspecified atom stereocenters. The number of carbonyl (C=O) groups is 1. The summed E-state index contributed by atoms with van der Waals surface area (Å²) in [5, 5.41) is 0. The maximum atomic E-state index is 14.4. The van der Waals surface area contributed by atoms with Gasteiger partial charge in [-0.05, 0) is 49.1 Å². The highest BCUT2D eigenvalue weighted by Crippen LogP contribution is 2.60. The third-order valence-electron chi connectivity index (χ3n) is 6.71. The number of benzene rings is 1. The molecule has 0 aliphatic heterocycles. The number of fused-ring (bicyclic) bond motifs is 1. The van der Waals surface area contributed by atoms with Crippen LogP contribution >= 0.6 is 0 Å². The zero-order valence-electron chi connectivity index (χ0n) is 17.3. The third kappa shape index (κ3) is 3.66. The SMILES string of the molecule is COC(=O)C(CC1=CC[C@@H]2C[C@H]1C2(C)C)(NS(=O)(=O)c1ccc(C)cc1)C(F)(F)F. The van der Waals surface area contributed by atoms with Crippen LogP contribution in [-0.4, -0.2) is 33.2 Å². The number of allylic oxidation sites excluding steroid dienone is 1. The smallest absolute Gasteiger partial charge is 0.418 e. The van der Waals surface area contributed by atoms with Crippen molar-refractivity contribution >= 4 is 16.0 Å². The van der Waals surface area contributed by atoms with Gasteiger partial charge in [0.05, 0.1) is 12.0 Å². The van der Waals surface area contributed by atoms with Crippen LogP contribution in [0.15, 0.2) is 40.8 Å². The fourth-order valence-corrected chi connectivity index (χ4v) is 5.93. The molecule has 30 heavy (non-hydrogen) atoms. The van der Waals surface area contributed by atoms with Crippen LogP contribution in [0, 0.1) is 24.2 Å². The van der Waals surface area contributed by atoms with E-state index in [2.05, 4.69) is 4.74 Å². The van der Waals surface area contributed by atoms with E-state index in [0.29, 0.717) is 17.9 Å². The Morgan fingerprint density at radius 3 is 2.30 bits per heavy atom. The van der Waals surface area contributed by atoms with Gasteiger partial charge in [-0.1, -0.05) is 43.2 Å². The molecule has 3 aliphatic rings.